The van der Waals surface area contributed by atoms with Gasteiger partial charge < -0.3 is 10.6 Å². The molecule has 1 heterocycles. The van der Waals surface area contributed by atoms with Crippen LogP contribution in [-0.2, 0) is 26.2 Å². The fourth-order valence-electron chi connectivity index (χ4n) is 2.87. The summed E-state index contributed by atoms with van der Waals surface area (Å²) in [6.07, 6.45) is 3.21. The Morgan fingerprint density at radius 2 is 1.92 bits per heavy atom. The highest BCUT2D eigenvalue weighted by Gasteiger charge is 2.27. The molecule has 0 saturated carbocycles. The van der Waals surface area contributed by atoms with Gasteiger partial charge in [-0.25, -0.2) is 8.42 Å². The number of sulfonamides is 1. The average molecular weight is 379 g/mol. The third-order valence-corrected chi connectivity index (χ3v) is 6.23. The molecule has 26 heavy (non-hydrogen) atoms. The lowest BCUT2D eigenvalue weighted by Gasteiger charge is -2.20. The summed E-state index contributed by atoms with van der Waals surface area (Å²) in [7, 11) is -3.58. The minimum atomic E-state index is -3.58. The molecule has 1 aromatic rings. The number of benzene rings is 1. The normalized spacial score (nSPS) is 18.6. The van der Waals surface area contributed by atoms with Crippen LogP contribution in [0.2, 0.25) is 0 Å². The fourth-order valence-corrected chi connectivity index (χ4v) is 4.36. The van der Waals surface area contributed by atoms with Crippen LogP contribution in [0.4, 0.5) is 0 Å². The van der Waals surface area contributed by atoms with Gasteiger partial charge >= 0.3 is 0 Å². The highest BCUT2D eigenvalue weighted by molar-refractivity contribution is 7.89. The van der Waals surface area contributed by atoms with E-state index in [1.54, 1.807) is 24.3 Å². The Kier molecular flexibility index (Phi) is 6.93. The minimum absolute atomic E-state index is 0.0410. The zero-order chi connectivity index (χ0) is 19.2. The number of hydrogen-bond acceptors (Lipinski definition) is 4. The van der Waals surface area contributed by atoms with Crippen LogP contribution >= 0.6 is 0 Å². The van der Waals surface area contributed by atoms with Gasteiger partial charge in [0.15, 0.2) is 0 Å². The molecule has 8 heteroatoms. The van der Waals surface area contributed by atoms with Crippen LogP contribution in [0.1, 0.15) is 31.7 Å². The van der Waals surface area contributed by atoms with Crippen LogP contribution in [0.5, 0.6) is 0 Å². The molecule has 7 nitrogen and oxygen atoms in total. The molecule has 0 bridgehead atoms. The van der Waals surface area contributed by atoms with E-state index >= 15 is 0 Å². The van der Waals surface area contributed by atoms with Gasteiger partial charge in [-0.05, 0) is 43.0 Å². The lowest BCUT2D eigenvalue weighted by atomic mass is 10.1. The molecule has 1 aliphatic heterocycles. The van der Waals surface area contributed by atoms with E-state index in [9.17, 15) is 18.0 Å². The van der Waals surface area contributed by atoms with Crippen molar-refractivity contribution in [2.45, 2.75) is 43.7 Å². The SMILES string of the molecule is C=CC(=O)NC1CCCN(S(=O)(=O)c2ccc(CNC(C)=O)cc2)CC1. The number of carbonyl (C=O) groups is 2. The van der Waals surface area contributed by atoms with Crippen LogP contribution in [-0.4, -0.2) is 43.7 Å². The second-order valence-electron chi connectivity index (χ2n) is 6.30. The van der Waals surface area contributed by atoms with Crippen molar-refractivity contribution >= 4 is 21.8 Å². The molecule has 0 spiro atoms. The molecule has 142 valence electrons. The summed E-state index contributed by atoms with van der Waals surface area (Å²) in [4.78, 5) is 22.6. The predicted molar refractivity (Wildman–Crippen MR) is 98.7 cm³/mol. The van der Waals surface area contributed by atoms with Crippen LogP contribution < -0.4 is 10.6 Å². The van der Waals surface area contributed by atoms with Crippen molar-refractivity contribution in [1.82, 2.24) is 14.9 Å². The quantitative estimate of drug-likeness (QED) is 0.725. The number of hydrogen-bond donors (Lipinski definition) is 2. The summed E-state index contributed by atoms with van der Waals surface area (Å²) in [5.74, 6) is -0.370. The summed E-state index contributed by atoms with van der Waals surface area (Å²) in [5, 5.41) is 5.51. The zero-order valence-electron chi connectivity index (χ0n) is 14.9. The van der Waals surface area contributed by atoms with Crippen molar-refractivity contribution in [3.05, 3.63) is 42.5 Å². The largest absolute Gasteiger partial charge is 0.352 e. The molecule has 2 N–H and O–H groups in total. The first-order valence-electron chi connectivity index (χ1n) is 8.59. The van der Waals surface area contributed by atoms with Gasteiger partial charge in [0, 0.05) is 32.6 Å². The van der Waals surface area contributed by atoms with Crippen LogP contribution in [0.3, 0.4) is 0 Å². The molecular weight excluding hydrogens is 354 g/mol. The lowest BCUT2D eigenvalue weighted by Crippen LogP contribution is -2.36. The third-order valence-electron chi connectivity index (χ3n) is 4.32. The number of nitrogens with one attached hydrogen (secondary N) is 2. The predicted octanol–water partition coefficient (Wildman–Crippen LogP) is 1.17. The van der Waals surface area contributed by atoms with E-state index in [0.717, 1.165) is 12.0 Å². The lowest BCUT2D eigenvalue weighted by molar-refractivity contribution is -0.119. The number of rotatable bonds is 6. The van der Waals surface area contributed by atoms with Gasteiger partial charge in [-0.1, -0.05) is 18.7 Å². The van der Waals surface area contributed by atoms with Gasteiger partial charge in [0.05, 0.1) is 4.90 Å². The maximum Gasteiger partial charge on any atom is 0.243 e. The molecule has 0 radical (unpaired) electrons. The van der Waals surface area contributed by atoms with E-state index in [4.69, 9.17) is 0 Å². The first-order valence-corrected chi connectivity index (χ1v) is 10.0. The van der Waals surface area contributed by atoms with Gasteiger partial charge in [0.1, 0.15) is 0 Å². The molecule has 1 aliphatic rings. The van der Waals surface area contributed by atoms with E-state index in [-0.39, 0.29) is 22.8 Å². The van der Waals surface area contributed by atoms with Crippen molar-refractivity contribution in [1.29, 1.82) is 0 Å². The molecular formula is C18H25N3O4S. The molecule has 1 fully saturated rings. The third kappa shape index (κ3) is 5.40. The first-order chi connectivity index (χ1) is 12.3. The number of carbonyl (C=O) groups excluding carboxylic acids is 2. The maximum atomic E-state index is 12.9. The monoisotopic (exact) mass is 379 g/mol. The Balaban J connectivity index is 2.03. The van der Waals surface area contributed by atoms with Crippen molar-refractivity contribution < 1.29 is 18.0 Å². The van der Waals surface area contributed by atoms with Gasteiger partial charge in [-0.3, -0.25) is 9.59 Å². The summed E-state index contributed by atoms with van der Waals surface area (Å²) >= 11 is 0. The van der Waals surface area contributed by atoms with Crippen LogP contribution in [0, 0.1) is 0 Å². The number of nitrogens with zero attached hydrogens (tertiary/aromatic N) is 1. The fraction of sp³-hybridized carbons (Fsp3) is 0.444. The topological polar surface area (TPSA) is 95.6 Å². The van der Waals surface area contributed by atoms with Crippen molar-refractivity contribution in [2.24, 2.45) is 0 Å². The smallest absolute Gasteiger partial charge is 0.243 e. The molecule has 0 aromatic heterocycles. The van der Waals surface area contributed by atoms with E-state index in [1.165, 1.54) is 17.3 Å². The summed E-state index contributed by atoms with van der Waals surface area (Å²) in [6.45, 7) is 6.02. The average Bonchev–Trinajstić information content (AvgIpc) is 2.86. The second-order valence-corrected chi connectivity index (χ2v) is 8.24. The first kappa shape index (κ1) is 20.1. The van der Waals surface area contributed by atoms with Crippen molar-refractivity contribution in [3.63, 3.8) is 0 Å². The summed E-state index contributed by atoms with van der Waals surface area (Å²) in [5.41, 5.74) is 0.835. The standard InChI is InChI=1S/C18H25N3O4S/c1-3-18(23)20-16-5-4-11-21(12-10-16)26(24,25)17-8-6-15(7-9-17)13-19-14(2)22/h3,6-9,16H,1,4-5,10-13H2,2H3,(H,19,22)(H,20,23). The van der Waals surface area contributed by atoms with Gasteiger partial charge in [0.2, 0.25) is 21.8 Å². The highest BCUT2D eigenvalue weighted by Crippen LogP contribution is 2.21. The maximum absolute atomic E-state index is 12.9. The van der Waals surface area contributed by atoms with Crippen molar-refractivity contribution in [3.8, 4) is 0 Å². The molecule has 1 aromatic carbocycles. The van der Waals surface area contributed by atoms with E-state index in [0.29, 0.717) is 32.5 Å². The minimum Gasteiger partial charge on any atom is -0.352 e. The molecule has 2 rings (SSSR count). The Morgan fingerprint density at radius 3 is 2.54 bits per heavy atom. The molecule has 2 amide bonds. The Bertz CT molecular complexity index is 759. The number of amides is 2. The molecule has 0 aliphatic carbocycles. The summed E-state index contributed by atoms with van der Waals surface area (Å²) < 4.78 is 27.2. The second kappa shape index (κ2) is 8.95. The zero-order valence-corrected chi connectivity index (χ0v) is 15.7. The Morgan fingerprint density at radius 1 is 1.23 bits per heavy atom. The van der Waals surface area contributed by atoms with Gasteiger partial charge in [-0.15, -0.1) is 0 Å². The van der Waals surface area contributed by atoms with Gasteiger partial charge in [0.25, 0.3) is 0 Å². The highest BCUT2D eigenvalue weighted by atomic mass is 32.2. The van der Waals surface area contributed by atoms with Gasteiger partial charge in [-0.2, -0.15) is 4.31 Å². The van der Waals surface area contributed by atoms with E-state index in [2.05, 4.69) is 17.2 Å². The van der Waals surface area contributed by atoms with Crippen LogP contribution in [0.15, 0.2) is 41.8 Å². The van der Waals surface area contributed by atoms with Crippen LogP contribution in [0.25, 0.3) is 0 Å². The van der Waals surface area contributed by atoms with E-state index < -0.39 is 10.0 Å². The molecule has 1 unspecified atom stereocenters. The molecule has 1 atom stereocenters. The Hall–Kier alpha value is -2.19. The van der Waals surface area contributed by atoms with E-state index in [1.807, 2.05) is 0 Å². The summed E-state index contributed by atoms with van der Waals surface area (Å²) in [6, 6.07) is 6.49. The molecule has 1 saturated heterocycles. The Labute approximate surface area is 154 Å². The van der Waals surface area contributed by atoms with Crippen molar-refractivity contribution in [2.75, 3.05) is 13.1 Å².